The quantitative estimate of drug-likeness (QED) is 0.482. The van der Waals surface area contributed by atoms with Crippen molar-refractivity contribution >= 4 is 17.6 Å². The van der Waals surface area contributed by atoms with Gasteiger partial charge in [-0.25, -0.2) is 9.90 Å². The molecule has 0 spiro atoms. The summed E-state index contributed by atoms with van der Waals surface area (Å²) in [6.07, 6.45) is 0. The summed E-state index contributed by atoms with van der Waals surface area (Å²) >= 11 is 3.87. The molecule has 0 aromatic carbocycles. The van der Waals surface area contributed by atoms with Crippen LogP contribution in [-0.2, 0) is 9.90 Å². The first-order chi connectivity index (χ1) is 2.94. The molecule has 0 aromatic rings. The molecule has 0 fully saturated rings. The van der Waals surface area contributed by atoms with Gasteiger partial charge in [-0.3, -0.25) is 0 Å². The third-order valence-corrected chi connectivity index (χ3v) is 0.386. The minimum atomic E-state index is -4.22. The van der Waals surface area contributed by atoms with Crippen molar-refractivity contribution < 1.29 is 18.7 Å². The predicted octanol–water partition coefficient (Wildman–Crippen LogP) is 0.775. The largest absolute Gasteiger partial charge is 0.440 e. The Bertz CT molecular complexity index is 86.2. The monoisotopic (exact) mass is 129 g/mol. The van der Waals surface area contributed by atoms with Crippen LogP contribution in [0.2, 0.25) is 0 Å². The van der Waals surface area contributed by atoms with Crippen LogP contribution >= 0.6 is 11.6 Å². The predicted molar refractivity (Wildman–Crippen MR) is 16.5 cm³/mol. The summed E-state index contributed by atoms with van der Waals surface area (Å²) in [4.78, 5) is 9.03. The van der Waals surface area contributed by atoms with E-state index >= 15 is 0 Å². The number of alkyl halides is 3. The van der Waals surface area contributed by atoms with Gasteiger partial charge in [0.15, 0.2) is 0 Å². The smallest absolute Gasteiger partial charge is 0.239 e. The van der Waals surface area contributed by atoms with Crippen molar-refractivity contribution in [2.75, 3.05) is 0 Å². The molecule has 0 N–H and O–H groups in total. The summed E-state index contributed by atoms with van der Waals surface area (Å²) in [5.74, 6) is -2.57. The van der Waals surface area contributed by atoms with Crippen LogP contribution in [0.5, 0.6) is 0 Å². The zero-order valence-corrected chi connectivity index (χ0v) is 3.71. The van der Waals surface area contributed by atoms with E-state index in [0.29, 0.717) is 0 Å². The van der Waals surface area contributed by atoms with E-state index in [4.69, 9.17) is 9.90 Å². The zero-order valence-electron chi connectivity index (χ0n) is 2.95. The highest BCUT2D eigenvalue weighted by atomic mass is 35.5. The highest BCUT2D eigenvalue weighted by Crippen LogP contribution is 2.17. The topological polar surface area (TPSA) is 37.0 Å². The number of hydrogen-bond acceptors (Lipinski definition) is 1. The average molecular weight is 129 g/mol. The van der Waals surface area contributed by atoms with Gasteiger partial charge in [0.2, 0.25) is 0 Å². The van der Waals surface area contributed by atoms with Gasteiger partial charge in [0, 0.05) is 0 Å². The summed E-state index contributed by atoms with van der Waals surface area (Å²) in [6, 6.07) is 0. The van der Waals surface area contributed by atoms with Crippen molar-refractivity contribution in [1.82, 2.24) is 0 Å². The molecule has 0 aliphatic carbocycles. The first-order valence-electron chi connectivity index (χ1n) is 1.23. The van der Waals surface area contributed by atoms with Gasteiger partial charge in [-0.15, -0.1) is 0 Å². The van der Waals surface area contributed by atoms with E-state index < -0.39 is 11.4 Å². The number of halogens is 3. The summed E-state index contributed by atoms with van der Waals surface area (Å²) in [5, 5.41) is 4.81. The molecule has 0 rings (SSSR count). The molecule has 7 heavy (non-hydrogen) atoms. The molecule has 0 unspecified atom stereocenters. The Kier molecular flexibility index (Phi) is 1.53. The van der Waals surface area contributed by atoms with E-state index in [-0.39, 0.29) is 0 Å². The van der Waals surface area contributed by atoms with Crippen LogP contribution in [0.25, 0.3) is 0 Å². The second-order valence-electron chi connectivity index (χ2n) is 0.785. The lowest BCUT2D eigenvalue weighted by atomic mass is 10.7. The van der Waals surface area contributed by atoms with Gasteiger partial charge in [0.05, 0.1) is 0 Å². The van der Waals surface area contributed by atoms with Crippen molar-refractivity contribution in [1.29, 1.82) is 0 Å². The molecule has 41 valence electrons. The van der Waals surface area contributed by atoms with Crippen molar-refractivity contribution in [2.45, 2.75) is 5.38 Å². The lowest BCUT2D eigenvalue weighted by Crippen LogP contribution is -2.18. The Morgan fingerprint density at radius 2 is 1.71 bits per heavy atom. The number of carbonyl (C=O) groups is 1. The van der Waals surface area contributed by atoms with Gasteiger partial charge in [-0.05, 0) is 11.6 Å². The second kappa shape index (κ2) is 1.61. The Morgan fingerprint density at radius 1 is 1.57 bits per heavy atom. The summed E-state index contributed by atoms with van der Waals surface area (Å²) in [6.45, 7) is 0. The Balaban J connectivity index is 3.79. The molecule has 5 heteroatoms. The van der Waals surface area contributed by atoms with Gasteiger partial charge >= 0.3 is 11.4 Å². The number of hydrogen-bond donors (Lipinski definition) is 0. The van der Waals surface area contributed by atoms with E-state index in [1.165, 1.54) is 0 Å². The van der Waals surface area contributed by atoms with Crippen LogP contribution in [0.15, 0.2) is 0 Å². The van der Waals surface area contributed by atoms with Crippen LogP contribution < -0.4 is 0 Å². The van der Waals surface area contributed by atoms with Crippen molar-refractivity contribution in [3.8, 4) is 0 Å². The van der Waals surface area contributed by atoms with E-state index in [2.05, 4.69) is 11.6 Å². The summed E-state index contributed by atoms with van der Waals surface area (Å²) < 4.78 is 21.9. The second-order valence-corrected chi connectivity index (χ2v) is 1.26. The van der Waals surface area contributed by atoms with E-state index in [1.54, 1.807) is 0 Å². The van der Waals surface area contributed by atoms with Crippen LogP contribution in [0.4, 0.5) is 8.78 Å². The molecule has 0 aromatic heterocycles. The standard InChI is InChI=1S/C2ClF2O2/c3-2(4,5)1(6)7. The fourth-order valence-electron chi connectivity index (χ4n) is 0. The molecule has 0 amide bonds. The van der Waals surface area contributed by atoms with Crippen molar-refractivity contribution in [3.05, 3.63) is 0 Å². The Morgan fingerprint density at radius 3 is 1.71 bits per heavy atom. The van der Waals surface area contributed by atoms with Crippen LogP contribution in [-0.4, -0.2) is 11.4 Å². The molecule has 0 bridgehead atoms. The lowest BCUT2D eigenvalue weighted by Gasteiger charge is -1.92. The van der Waals surface area contributed by atoms with Crippen LogP contribution in [0.3, 0.4) is 0 Å². The molecule has 0 aliphatic rings. The molecule has 2 nitrogen and oxygen atoms in total. The van der Waals surface area contributed by atoms with Crippen LogP contribution in [0, 0.1) is 0 Å². The number of carbonyl (C=O) groups excluding carboxylic acids is 1. The maximum absolute atomic E-state index is 10.9. The molecular weight excluding hydrogens is 129 g/mol. The van der Waals surface area contributed by atoms with E-state index in [1.807, 2.05) is 0 Å². The van der Waals surface area contributed by atoms with Gasteiger partial charge in [0.1, 0.15) is 0 Å². The lowest BCUT2D eigenvalue weighted by molar-refractivity contribution is -0.160. The maximum atomic E-state index is 10.9. The number of rotatable bonds is 1. The van der Waals surface area contributed by atoms with Gasteiger partial charge in [0.25, 0.3) is 0 Å². The molecule has 1 radical (unpaired) electrons. The molecule has 0 saturated carbocycles. The fraction of sp³-hybridized carbons (Fsp3) is 0.500. The molecule has 0 saturated heterocycles. The molecule has 0 heterocycles. The molecule has 0 aliphatic heterocycles. The normalized spacial score (nSPS) is 11.3. The Hall–Kier alpha value is -0.380. The Labute approximate surface area is 42.7 Å². The SMILES string of the molecule is [O]C(=O)C(F)(F)Cl. The van der Waals surface area contributed by atoms with Crippen LogP contribution in [0.1, 0.15) is 0 Å². The third-order valence-electron chi connectivity index (χ3n) is 0.231. The third kappa shape index (κ3) is 2.33. The fourth-order valence-corrected chi connectivity index (χ4v) is 0. The van der Waals surface area contributed by atoms with Gasteiger partial charge in [-0.1, -0.05) is 0 Å². The zero-order chi connectivity index (χ0) is 6.08. The maximum Gasteiger partial charge on any atom is 0.440 e. The van der Waals surface area contributed by atoms with E-state index in [0.717, 1.165) is 0 Å². The minimum Gasteiger partial charge on any atom is -0.239 e. The molecular formula is C2ClF2O2. The molecule has 0 atom stereocenters. The summed E-state index contributed by atoms with van der Waals surface area (Å²) in [7, 11) is 0. The highest BCUT2D eigenvalue weighted by molar-refractivity contribution is 6.30. The van der Waals surface area contributed by atoms with Crippen molar-refractivity contribution in [3.63, 3.8) is 0 Å². The first-order valence-corrected chi connectivity index (χ1v) is 1.60. The summed E-state index contributed by atoms with van der Waals surface area (Å²) in [5.41, 5.74) is 0. The van der Waals surface area contributed by atoms with Crippen molar-refractivity contribution in [2.24, 2.45) is 0 Å². The van der Waals surface area contributed by atoms with E-state index in [9.17, 15) is 8.78 Å². The average Bonchev–Trinajstić information content (AvgIpc) is 1.31. The highest BCUT2D eigenvalue weighted by Gasteiger charge is 2.37. The minimum absolute atomic E-state index is 2.57. The van der Waals surface area contributed by atoms with Gasteiger partial charge in [-0.2, -0.15) is 8.78 Å². The van der Waals surface area contributed by atoms with Gasteiger partial charge < -0.3 is 0 Å². The first kappa shape index (κ1) is 6.62.